The number of pyridine rings is 1. The van der Waals surface area contributed by atoms with Gasteiger partial charge in [-0.2, -0.15) is 16.8 Å². The Bertz CT molecular complexity index is 1380. The van der Waals surface area contributed by atoms with Gasteiger partial charge in [-0.25, -0.2) is 9.55 Å². The maximum atomic E-state index is 11.5. The Balaban J connectivity index is -0.00000272. The second-order valence-electron chi connectivity index (χ2n) is 5.92. The van der Waals surface area contributed by atoms with Crippen LogP contribution in [0.2, 0.25) is 0 Å². The Hall–Kier alpha value is 1.37. The molecule has 0 amide bonds. The van der Waals surface area contributed by atoms with Gasteiger partial charge in [0.05, 0.1) is 22.8 Å². The molecule has 2 aromatic rings. The van der Waals surface area contributed by atoms with Crippen LogP contribution in [0, 0.1) is 6.92 Å². The molecule has 0 saturated carbocycles. The molecule has 36 heavy (non-hydrogen) atoms. The summed E-state index contributed by atoms with van der Waals surface area (Å²) in [6.45, 7) is 0.251. The van der Waals surface area contributed by atoms with Crippen molar-refractivity contribution in [1.29, 1.82) is 0 Å². The fraction of sp³-hybridized carbons (Fsp3) is 0.143. The van der Waals surface area contributed by atoms with Gasteiger partial charge in [0.2, 0.25) is 0 Å². The topological polar surface area (TPSA) is 250 Å². The third-order valence-corrected chi connectivity index (χ3v) is 5.94. The van der Waals surface area contributed by atoms with Gasteiger partial charge in [-0.3, -0.25) is 18.4 Å². The van der Waals surface area contributed by atoms with Crippen molar-refractivity contribution in [3.8, 4) is 5.75 Å². The smallest absolute Gasteiger partial charge is 0.469 e. The number of hydrogen-bond donors (Lipinski definition) is 5. The number of carbonyl (C=O) groups is 1. The van der Waals surface area contributed by atoms with Crippen molar-refractivity contribution in [3.05, 3.63) is 35.0 Å². The Kier molecular flexibility index (Phi) is 19.3. The standard InChI is InChI=1S/C14H14N3O12PS2.4Na/c1-7-13(19)9(5-18)10(6-29-30(20,21)22)14(15-7)17-16-11-4-8(31(23,24)25)2-3-12(11)32(26,27)28;;;;/h2-5,19H,6H2,1H3,(H2,20,21,22)(H,23,24,25)(H,26,27,28);;;;. The number of azo groups is 1. The molecular weight excluding hydrogens is 589 g/mol. The van der Waals surface area contributed by atoms with Gasteiger partial charge in [0.25, 0.3) is 20.2 Å². The Morgan fingerprint density at radius 2 is 1.58 bits per heavy atom. The number of aromatic hydroxyl groups is 1. The Morgan fingerprint density at radius 3 is 2.03 bits per heavy atom. The van der Waals surface area contributed by atoms with Gasteiger partial charge >= 0.3 is 7.82 Å². The molecule has 0 aliphatic carbocycles. The zero-order valence-electron chi connectivity index (χ0n) is 19.7. The van der Waals surface area contributed by atoms with Crippen LogP contribution in [0.3, 0.4) is 0 Å². The van der Waals surface area contributed by atoms with E-state index in [4.69, 9.17) is 14.3 Å². The van der Waals surface area contributed by atoms with E-state index >= 15 is 0 Å². The van der Waals surface area contributed by atoms with Crippen molar-refractivity contribution in [3.63, 3.8) is 0 Å². The molecule has 2 rings (SSSR count). The number of aromatic nitrogens is 1. The maximum Gasteiger partial charge on any atom is 0.469 e. The molecule has 1 aromatic carbocycles. The molecule has 0 aliphatic rings. The van der Waals surface area contributed by atoms with Crippen LogP contribution >= 0.6 is 7.82 Å². The average molecular weight is 603 g/mol. The summed E-state index contributed by atoms with van der Waals surface area (Å²) >= 11 is 0. The molecule has 0 saturated heterocycles. The van der Waals surface area contributed by atoms with Crippen molar-refractivity contribution in [2.24, 2.45) is 10.2 Å². The van der Waals surface area contributed by atoms with E-state index in [0.29, 0.717) is 18.2 Å². The van der Waals surface area contributed by atoms with E-state index in [1.165, 1.54) is 6.92 Å². The predicted octanol–water partition coefficient (Wildman–Crippen LogP) is -0.0970. The van der Waals surface area contributed by atoms with Crippen molar-refractivity contribution in [2.75, 3.05) is 0 Å². The van der Waals surface area contributed by atoms with Gasteiger partial charge in [-0.05, 0) is 25.1 Å². The minimum absolute atomic E-state index is 0. The van der Waals surface area contributed by atoms with Gasteiger partial charge in [0.1, 0.15) is 16.3 Å². The monoisotopic (exact) mass is 603 g/mol. The Labute approximate surface area is 293 Å². The number of rotatable bonds is 8. The number of aryl methyl sites for hydroxylation is 1. The number of phosphoric acid groups is 1. The van der Waals surface area contributed by atoms with Crippen LogP contribution in [0.4, 0.5) is 11.5 Å². The molecule has 1 aromatic heterocycles. The first-order valence-electron chi connectivity index (χ1n) is 7.93. The van der Waals surface area contributed by atoms with Gasteiger partial charge in [0.15, 0.2) is 12.1 Å². The Morgan fingerprint density at radius 1 is 1.03 bits per heavy atom. The van der Waals surface area contributed by atoms with Crippen LogP contribution in [0.1, 0.15) is 21.6 Å². The number of carbonyl (C=O) groups excluding carboxylic acids is 1. The van der Waals surface area contributed by atoms with Crippen LogP contribution in [0.15, 0.2) is 38.2 Å². The summed E-state index contributed by atoms with van der Waals surface area (Å²) in [5.41, 5.74) is -1.91. The van der Waals surface area contributed by atoms with E-state index in [1.54, 1.807) is 0 Å². The van der Waals surface area contributed by atoms with E-state index in [9.17, 15) is 35.9 Å². The first-order chi connectivity index (χ1) is 14.5. The first kappa shape index (κ1) is 41.8. The van der Waals surface area contributed by atoms with Crippen molar-refractivity contribution in [2.45, 2.75) is 23.3 Å². The van der Waals surface area contributed by atoms with Crippen LogP contribution in [0.5, 0.6) is 5.75 Å². The number of benzene rings is 1. The molecule has 0 atom stereocenters. The van der Waals surface area contributed by atoms with Crippen molar-refractivity contribution in [1.82, 2.24) is 4.98 Å². The summed E-state index contributed by atoms with van der Waals surface area (Å²) < 4.78 is 79.5. The SMILES string of the molecule is Cc1nc(N=Nc2cc(S(=O)(=O)O)ccc2S(=O)(=O)O)c(COP(=O)(O)O)c(C=O)c1O.[Na].[Na].[Na].[Na]. The van der Waals surface area contributed by atoms with E-state index in [0.717, 1.165) is 0 Å². The first-order valence-corrected chi connectivity index (χ1v) is 12.3. The van der Waals surface area contributed by atoms with Crippen LogP contribution in [-0.4, -0.2) is 170 Å². The number of hydrogen-bond acceptors (Lipinski definition) is 11. The fourth-order valence-electron chi connectivity index (χ4n) is 2.29. The molecule has 4 radical (unpaired) electrons. The molecule has 0 bridgehead atoms. The second-order valence-corrected chi connectivity index (χ2v) is 9.97. The zero-order chi connectivity index (χ0) is 24.5. The summed E-state index contributed by atoms with van der Waals surface area (Å²) in [5, 5.41) is 17.0. The van der Waals surface area contributed by atoms with Gasteiger partial charge in [-0.1, -0.05) is 0 Å². The van der Waals surface area contributed by atoms with Crippen molar-refractivity contribution < 1.29 is 54.7 Å². The van der Waals surface area contributed by atoms with Crippen LogP contribution < -0.4 is 0 Å². The number of aldehydes is 1. The van der Waals surface area contributed by atoms with E-state index in [-0.39, 0.29) is 130 Å². The third kappa shape index (κ3) is 11.9. The maximum absolute atomic E-state index is 11.5. The predicted molar refractivity (Wildman–Crippen MR) is 126 cm³/mol. The summed E-state index contributed by atoms with van der Waals surface area (Å²) in [7, 11) is -14.8. The van der Waals surface area contributed by atoms with Crippen molar-refractivity contribution >= 4 is 164 Å². The molecule has 5 N–H and O–H groups in total. The number of nitrogens with zero attached hydrogens (tertiary/aromatic N) is 3. The molecule has 22 heteroatoms. The van der Waals surface area contributed by atoms with E-state index < -0.39 is 72.8 Å². The number of phosphoric ester groups is 1. The van der Waals surface area contributed by atoms with Crippen LogP contribution in [0.25, 0.3) is 0 Å². The summed E-state index contributed by atoms with van der Waals surface area (Å²) in [6.07, 6.45) is 0.115. The van der Waals surface area contributed by atoms with Gasteiger partial charge < -0.3 is 14.9 Å². The molecule has 0 spiro atoms. The molecule has 0 fully saturated rings. The minimum Gasteiger partial charge on any atom is -0.505 e. The quantitative estimate of drug-likeness (QED) is 0.0870. The molecule has 15 nitrogen and oxygen atoms in total. The molecular formula is C14H14N3Na4O12PS2. The average Bonchev–Trinajstić information content (AvgIpc) is 2.64. The molecule has 178 valence electrons. The van der Waals surface area contributed by atoms with E-state index in [2.05, 4.69) is 19.7 Å². The zero-order valence-corrected chi connectivity index (χ0v) is 30.2. The summed E-state index contributed by atoms with van der Waals surface area (Å²) in [4.78, 5) is 31.2. The fourth-order valence-corrected chi connectivity index (χ4v) is 3.70. The second kappa shape index (κ2) is 16.6. The van der Waals surface area contributed by atoms with Gasteiger partial charge in [-0.15, -0.1) is 10.2 Å². The largest absolute Gasteiger partial charge is 0.505 e. The molecule has 0 aliphatic heterocycles. The third-order valence-electron chi connectivity index (χ3n) is 3.72. The van der Waals surface area contributed by atoms with Gasteiger partial charge in [0, 0.05) is 124 Å². The normalized spacial score (nSPS) is 11.5. The minimum atomic E-state index is -5.04. The molecule has 1 heterocycles. The molecule has 0 unspecified atom stereocenters. The summed E-state index contributed by atoms with van der Waals surface area (Å²) in [6, 6.07) is 1.85. The van der Waals surface area contributed by atoms with Crippen LogP contribution in [-0.2, 0) is 35.9 Å². The summed E-state index contributed by atoms with van der Waals surface area (Å²) in [5.74, 6) is -1.22. The van der Waals surface area contributed by atoms with E-state index in [1.807, 2.05) is 0 Å².